The van der Waals surface area contributed by atoms with Gasteiger partial charge in [0.15, 0.2) is 6.29 Å². The number of aromatic nitrogens is 1. The van der Waals surface area contributed by atoms with E-state index in [1.165, 1.54) is 7.11 Å². The van der Waals surface area contributed by atoms with Crippen LogP contribution >= 0.6 is 0 Å². The molecule has 0 aliphatic heterocycles. The van der Waals surface area contributed by atoms with Crippen LogP contribution in [0, 0.1) is 0 Å². The Morgan fingerprint density at radius 2 is 1.80 bits per heavy atom. The van der Waals surface area contributed by atoms with Gasteiger partial charge in [-0.1, -0.05) is 12.1 Å². The van der Waals surface area contributed by atoms with Gasteiger partial charge >= 0.3 is 5.97 Å². The van der Waals surface area contributed by atoms with E-state index >= 15 is 0 Å². The highest BCUT2D eigenvalue weighted by Gasteiger charge is 2.11. The van der Waals surface area contributed by atoms with E-state index < -0.39 is 5.97 Å². The Balaban J connectivity index is 2.48. The lowest BCUT2D eigenvalue weighted by Gasteiger charge is -2.06. The molecule has 2 aromatic rings. The van der Waals surface area contributed by atoms with E-state index in [0.717, 1.165) is 11.3 Å². The number of aldehydes is 1. The van der Waals surface area contributed by atoms with Crippen LogP contribution in [-0.2, 0) is 4.74 Å². The molecule has 1 aromatic carbocycles. The van der Waals surface area contributed by atoms with Crippen LogP contribution in [0.25, 0.3) is 11.1 Å². The largest absolute Gasteiger partial charge is 0.497 e. The maximum absolute atomic E-state index is 11.5. The second-order valence-electron chi connectivity index (χ2n) is 4.00. The topological polar surface area (TPSA) is 65.5 Å². The molecule has 2 rings (SSSR count). The van der Waals surface area contributed by atoms with E-state index in [9.17, 15) is 9.59 Å². The molecule has 0 aliphatic rings. The lowest BCUT2D eigenvalue weighted by Crippen LogP contribution is -2.06. The number of pyridine rings is 1. The lowest BCUT2D eigenvalue weighted by molar-refractivity contribution is 0.0594. The number of nitrogens with zero attached hydrogens (tertiary/aromatic N) is 1. The molecule has 1 heterocycles. The first-order chi connectivity index (χ1) is 9.67. The van der Waals surface area contributed by atoms with Gasteiger partial charge in [0.25, 0.3) is 0 Å². The van der Waals surface area contributed by atoms with Gasteiger partial charge in [-0.15, -0.1) is 0 Å². The van der Waals surface area contributed by atoms with Crippen LogP contribution in [0.15, 0.2) is 36.4 Å². The summed E-state index contributed by atoms with van der Waals surface area (Å²) in [7, 11) is 2.85. The van der Waals surface area contributed by atoms with Gasteiger partial charge in [-0.2, -0.15) is 0 Å². The molecule has 102 valence electrons. The van der Waals surface area contributed by atoms with Crippen molar-refractivity contribution < 1.29 is 19.1 Å². The quantitative estimate of drug-likeness (QED) is 0.631. The van der Waals surface area contributed by atoms with Crippen LogP contribution in [-0.4, -0.2) is 31.5 Å². The molecule has 1 aromatic heterocycles. The number of benzene rings is 1. The fraction of sp³-hybridized carbons (Fsp3) is 0.133. The summed E-state index contributed by atoms with van der Waals surface area (Å²) in [6.45, 7) is 0. The van der Waals surface area contributed by atoms with Crippen molar-refractivity contribution in [3.8, 4) is 16.9 Å². The molecule has 0 saturated carbocycles. The molecule has 0 amide bonds. The van der Waals surface area contributed by atoms with Gasteiger partial charge in [0, 0.05) is 0 Å². The van der Waals surface area contributed by atoms with Crippen LogP contribution in [0.1, 0.15) is 21.0 Å². The average Bonchev–Trinajstić information content (AvgIpc) is 2.53. The van der Waals surface area contributed by atoms with Crippen molar-refractivity contribution in [2.75, 3.05) is 14.2 Å². The fourth-order valence-electron chi connectivity index (χ4n) is 1.77. The van der Waals surface area contributed by atoms with E-state index in [4.69, 9.17) is 4.74 Å². The number of hydrogen-bond acceptors (Lipinski definition) is 5. The summed E-state index contributed by atoms with van der Waals surface area (Å²) in [5.41, 5.74) is 1.84. The van der Waals surface area contributed by atoms with Gasteiger partial charge in [0.05, 0.1) is 14.2 Å². The zero-order valence-electron chi connectivity index (χ0n) is 11.1. The van der Waals surface area contributed by atoms with Crippen LogP contribution in [0.3, 0.4) is 0 Å². The lowest BCUT2D eigenvalue weighted by atomic mass is 10.0. The Morgan fingerprint density at radius 1 is 1.10 bits per heavy atom. The second-order valence-corrected chi connectivity index (χ2v) is 4.00. The minimum absolute atomic E-state index is 0.0999. The summed E-state index contributed by atoms with van der Waals surface area (Å²) in [6.07, 6.45) is 0.597. The van der Waals surface area contributed by atoms with E-state index in [-0.39, 0.29) is 11.4 Å². The zero-order valence-corrected chi connectivity index (χ0v) is 11.1. The van der Waals surface area contributed by atoms with Crippen molar-refractivity contribution in [3.63, 3.8) is 0 Å². The number of carbonyl (C=O) groups excluding carboxylic acids is 2. The van der Waals surface area contributed by atoms with E-state index in [1.807, 2.05) is 12.1 Å². The maximum atomic E-state index is 11.5. The van der Waals surface area contributed by atoms with Crippen LogP contribution in [0.4, 0.5) is 0 Å². The molecule has 0 N–H and O–H groups in total. The average molecular weight is 271 g/mol. The molecule has 0 saturated heterocycles. The highest BCUT2D eigenvalue weighted by atomic mass is 16.5. The molecule has 0 fully saturated rings. The number of ether oxygens (including phenoxy) is 2. The van der Waals surface area contributed by atoms with Gasteiger partial charge in [0.2, 0.25) is 0 Å². The summed E-state index contributed by atoms with van der Waals surface area (Å²) in [5.74, 6) is 0.148. The molecule has 0 spiro atoms. The predicted molar refractivity (Wildman–Crippen MR) is 73.0 cm³/mol. The van der Waals surface area contributed by atoms with Crippen molar-refractivity contribution in [3.05, 3.63) is 47.8 Å². The minimum Gasteiger partial charge on any atom is -0.497 e. The van der Waals surface area contributed by atoms with Crippen LogP contribution < -0.4 is 4.74 Å². The first-order valence-electron chi connectivity index (χ1n) is 5.88. The fourth-order valence-corrected chi connectivity index (χ4v) is 1.77. The summed E-state index contributed by atoms with van der Waals surface area (Å²) >= 11 is 0. The molecular weight excluding hydrogens is 258 g/mol. The second kappa shape index (κ2) is 5.97. The number of methoxy groups -OCH3 is 2. The third kappa shape index (κ3) is 2.83. The Bertz CT molecular complexity index is 635. The van der Waals surface area contributed by atoms with Crippen molar-refractivity contribution >= 4 is 12.3 Å². The molecule has 5 heteroatoms. The SMILES string of the molecule is COC(=O)c1cc(-c2ccc(OC)cc2)cc(C=O)n1. The van der Waals surface area contributed by atoms with Crippen molar-refractivity contribution in [1.82, 2.24) is 4.98 Å². The molecule has 0 atom stereocenters. The molecule has 0 aliphatic carbocycles. The van der Waals surface area contributed by atoms with E-state index in [1.54, 1.807) is 31.4 Å². The van der Waals surface area contributed by atoms with Crippen molar-refractivity contribution in [2.45, 2.75) is 0 Å². The third-order valence-corrected chi connectivity index (χ3v) is 2.78. The normalized spacial score (nSPS) is 9.90. The van der Waals surface area contributed by atoms with Crippen molar-refractivity contribution in [2.24, 2.45) is 0 Å². The Hall–Kier alpha value is -2.69. The number of rotatable bonds is 4. The molecule has 0 unspecified atom stereocenters. The monoisotopic (exact) mass is 271 g/mol. The Morgan fingerprint density at radius 3 is 2.35 bits per heavy atom. The number of esters is 1. The summed E-state index contributed by atoms with van der Waals surface area (Å²) in [4.78, 5) is 26.4. The summed E-state index contributed by atoms with van der Waals surface area (Å²) in [6, 6.07) is 10.5. The van der Waals surface area contributed by atoms with Gasteiger partial charge in [-0.05, 0) is 35.4 Å². The summed E-state index contributed by atoms with van der Waals surface area (Å²) < 4.78 is 9.71. The van der Waals surface area contributed by atoms with Crippen molar-refractivity contribution in [1.29, 1.82) is 0 Å². The maximum Gasteiger partial charge on any atom is 0.356 e. The predicted octanol–water partition coefficient (Wildman–Crippen LogP) is 2.36. The standard InChI is InChI=1S/C15H13NO4/c1-19-13-5-3-10(4-6-13)11-7-12(9-17)16-14(8-11)15(18)20-2/h3-9H,1-2H3. The molecule has 0 bridgehead atoms. The summed E-state index contributed by atoms with van der Waals surface area (Å²) in [5, 5.41) is 0. The highest BCUT2D eigenvalue weighted by molar-refractivity contribution is 5.90. The van der Waals surface area contributed by atoms with Gasteiger partial charge in [-0.3, -0.25) is 4.79 Å². The van der Waals surface area contributed by atoms with Gasteiger partial charge in [-0.25, -0.2) is 9.78 Å². The zero-order chi connectivity index (χ0) is 14.5. The molecule has 0 radical (unpaired) electrons. The van der Waals surface area contributed by atoms with E-state index in [2.05, 4.69) is 9.72 Å². The minimum atomic E-state index is -0.580. The molecule has 20 heavy (non-hydrogen) atoms. The Kier molecular flexibility index (Phi) is 4.10. The van der Waals surface area contributed by atoms with E-state index in [0.29, 0.717) is 11.8 Å². The third-order valence-electron chi connectivity index (χ3n) is 2.78. The van der Waals surface area contributed by atoms with Gasteiger partial charge < -0.3 is 9.47 Å². The van der Waals surface area contributed by atoms with Crippen LogP contribution in [0.2, 0.25) is 0 Å². The highest BCUT2D eigenvalue weighted by Crippen LogP contribution is 2.23. The number of carbonyl (C=O) groups is 2. The first-order valence-corrected chi connectivity index (χ1v) is 5.88. The van der Waals surface area contributed by atoms with Gasteiger partial charge in [0.1, 0.15) is 17.1 Å². The molecular formula is C15H13NO4. The first kappa shape index (κ1) is 13.7. The smallest absolute Gasteiger partial charge is 0.356 e. The Labute approximate surface area is 116 Å². The van der Waals surface area contributed by atoms with Crippen LogP contribution in [0.5, 0.6) is 5.75 Å². The molecule has 5 nitrogen and oxygen atoms in total. The number of hydrogen-bond donors (Lipinski definition) is 0.